The van der Waals surface area contributed by atoms with Crippen LogP contribution in [0.4, 0.5) is 0 Å². The molecule has 1 amide bonds. The van der Waals surface area contributed by atoms with Crippen LogP contribution in [-0.4, -0.2) is 54.4 Å². The maximum atomic E-state index is 12.8. The van der Waals surface area contributed by atoms with E-state index in [0.29, 0.717) is 12.5 Å². The van der Waals surface area contributed by atoms with Crippen molar-refractivity contribution >= 4 is 27.0 Å². The topological polar surface area (TPSA) is 102 Å². The van der Waals surface area contributed by atoms with Crippen molar-refractivity contribution in [2.45, 2.75) is 43.3 Å². The average molecular weight is 433 g/mol. The van der Waals surface area contributed by atoms with Gasteiger partial charge in [0.1, 0.15) is 0 Å². The van der Waals surface area contributed by atoms with Crippen molar-refractivity contribution in [3.8, 4) is 0 Å². The Balaban J connectivity index is 1.93. The number of carbonyl (C=O) groups excluding carboxylic acids is 1. The van der Waals surface area contributed by atoms with Gasteiger partial charge in [-0.1, -0.05) is 12.1 Å². The van der Waals surface area contributed by atoms with Gasteiger partial charge in [-0.3, -0.25) is 13.8 Å². The van der Waals surface area contributed by atoms with E-state index in [2.05, 4.69) is 10.3 Å². The molecule has 0 radical (unpaired) electrons. The normalized spacial score (nSPS) is 17.1. The van der Waals surface area contributed by atoms with E-state index >= 15 is 0 Å². The maximum Gasteiger partial charge on any atom is 0.264 e. The molecule has 1 N–H and O–H groups in total. The van der Waals surface area contributed by atoms with Crippen LogP contribution in [0.25, 0.3) is 0 Å². The molecule has 0 bridgehead atoms. The Kier molecular flexibility index (Phi) is 7.74. The van der Waals surface area contributed by atoms with Crippen LogP contribution in [0.2, 0.25) is 0 Å². The third-order valence-corrected chi connectivity index (χ3v) is 8.42. The second-order valence-electron chi connectivity index (χ2n) is 7.17. The second-order valence-corrected chi connectivity index (χ2v) is 10.9. The minimum absolute atomic E-state index is 0.0921. The Labute approximate surface area is 169 Å². The summed E-state index contributed by atoms with van der Waals surface area (Å²) in [7, 11) is -2.62. The quantitative estimate of drug-likeness (QED) is 0.561. The SMILES string of the molecule is CCOS(=O)N1CC(CCc2ccc(S(=O)(=O)C(C)(C)C(=O)NOC)cc2)C1. The van der Waals surface area contributed by atoms with Gasteiger partial charge in [0, 0.05) is 13.1 Å². The van der Waals surface area contributed by atoms with Gasteiger partial charge < -0.3 is 0 Å². The van der Waals surface area contributed by atoms with E-state index in [1.807, 2.05) is 6.92 Å². The number of hydrogen-bond donors (Lipinski definition) is 1. The monoisotopic (exact) mass is 432 g/mol. The molecule has 1 saturated heterocycles. The number of amides is 1. The second kappa shape index (κ2) is 9.45. The lowest BCUT2D eigenvalue weighted by Gasteiger charge is -2.36. The Morgan fingerprint density at radius 3 is 2.43 bits per heavy atom. The first-order valence-corrected chi connectivity index (χ1v) is 11.6. The number of carbonyl (C=O) groups is 1. The highest BCUT2D eigenvalue weighted by molar-refractivity contribution is 7.93. The van der Waals surface area contributed by atoms with E-state index in [9.17, 15) is 17.4 Å². The fourth-order valence-corrected chi connectivity index (χ4v) is 5.23. The molecule has 2 rings (SSSR count). The average Bonchev–Trinajstić information content (AvgIpc) is 2.61. The summed E-state index contributed by atoms with van der Waals surface area (Å²) in [6.07, 6.45) is 1.72. The smallest absolute Gasteiger partial charge is 0.264 e. The van der Waals surface area contributed by atoms with Crippen molar-refractivity contribution in [3.05, 3.63) is 29.8 Å². The molecule has 8 nitrogen and oxygen atoms in total. The third-order valence-electron chi connectivity index (χ3n) is 4.84. The third kappa shape index (κ3) is 4.98. The van der Waals surface area contributed by atoms with Gasteiger partial charge >= 0.3 is 0 Å². The van der Waals surface area contributed by atoms with Gasteiger partial charge in [0.05, 0.1) is 18.6 Å². The molecule has 0 spiro atoms. The lowest BCUT2D eigenvalue weighted by atomic mass is 9.95. The Bertz CT molecular complexity index is 802. The molecule has 1 aromatic carbocycles. The molecule has 10 heteroatoms. The molecule has 28 heavy (non-hydrogen) atoms. The lowest BCUT2D eigenvalue weighted by molar-refractivity contribution is -0.133. The predicted octanol–water partition coefficient (Wildman–Crippen LogP) is 1.40. The van der Waals surface area contributed by atoms with E-state index in [4.69, 9.17) is 4.18 Å². The zero-order valence-electron chi connectivity index (χ0n) is 16.6. The summed E-state index contributed by atoms with van der Waals surface area (Å²) in [6, 6.07) is 6.60. The van der Waals surface area contributed by atoms with Crippen LogP contribution in [0, 0.1) is 5.92 Å². The first-order chi connectivity index (χ1) is 13.1. The minimum atomic E-state index is -3.87. The van der Waals surface area contributed by atoms with Crippen LogP contribution in [0.15, 0.2) is 29.2 Å². The van der Waals surface area contributed by atoms with Crippen molar-refractivity contribution in [1.29, 1.82) is 0 Å². The molecule has 1 aliphatic heterocycles. The van der Waals surface area contributed by atoms with Gasteiger partial charge in [-0.15, -0.1) is 0 Å². The number of sulfone groups is 1. The Hall–Kier alpha value is -1.33. The molecular formula is C18H28N2O6S2. The molecule has 0 saturated carbocycles. The summed E-state index contributed by atoms with van der Waals surface area (Å²) >= 11 is -1.35. The summed E-state index contributed by atoms with van der Waals surface area (Å²) in [5.74, 6) is -0.275. The highest BCUT2D eigenvalue weighted by Gasteiger charge is 2.43. The van der Waals surface area contributed by atoms with E-state index in [0.717, 1.165) is 31.5 Å². The summed E-state index contributed by atoms with van der Waals surface area (Å²) < 4.78 is 42.5. The number of benzene rings is 1. The summed E-state index contributed by atoms with van der Waals surface area (Å²) in [5.41, 5.74) is 3.10. The molecular weight excluding hydrogens is 404 g/mol. The molecule has 1 atom stereocenters. The van der Waals surface area contributed by atoms with Crippen molar-refractivity contribution in [1.82, 2.24) is 9.79 Å². The Morgan fingerprint density at radius 1 is 1.29 bits per heavy atom. The van der Waals surface area contributed by atoms with Gasteiger partial charge in [-0.2, -0.15) is 0 Å². The molecule has 0 aliphatic carbocycles. The zero-order chi connectivity index (χ0) is 20.9. The molecule has 158 valence electrons. The van der Waals surface area contributed by atoms with Crippen LogP contribution >= 0.6 is 0 Å². The highest BCUT2D eigenvalue weighted by Crippen LogP contribution is 2.27. The fraction of sp³-hybridized carbons (Fsp3) is 0.611. The number of nitrogens with one attached hydrogen (secondary N) is 1. The molecule has 1 aliphatic rings. The van der Waals surface area contributed by atoms with E-state index in [1.165, 1.54) is 33.1 Å². The van der Waals surface area contributed by atoms with Gasteiger partial charge in [0.2, 0.25) is 11.3 Å². The molecule has 1 unspecified atom stereocenters. The Morgan fingerprint density at radius 2 is 1.89 bits per heavy atom. The van der Waals surface area contributed by atoms with E-state index in [1.54, 1.807) is 16.4 Å². The van der Waals surface area contributed by atoms with Crippen LogP contribution < -0.4 is 5.48 Å². The van der Waals surface area contributed by atoms with Crippen LogP contribution in [0.5, 0.6) is 0 Å². The van der Waals surface area contributed by atoms with Crippen molar-refractivity contribution < 1.29 is 26.4 Å². The molecule has 1 aromatic rings. The lowest BCUT2D eigenvalue weighted by Crippen LogP contribution is -2.48. The van der Waals surface area contributed by atoms with Gasteiger partial charge in [-0.05, 0) is 57.2 Å². The summed E-state index contributed by atoms with van der Waals surface area (Å²) in [4.78, 5) is 16.7. The van der Waals surface area contributed by atoms with E-state index in [-0.39, 0.29) is 4.90 Å². The number of hydrogen-bond acceptors (Lipinski definition) is 6. The standard InChI is InChI=1S/C18H28N2O6S2/c1-5-26-27(22)20-12-15(13-20)7-6-14-8-10-16(11-9-14)28(23,24)18(2,3)17(21)19-25-4/h8-11,15H,5-7,12-13H2,1-4H3,(H,19,21). The summed E-state index contributed by atoms with van der Waals surface area (Å²) in [6.45, 7) is 6.40. The van der Waals surface area contributed by atoms with Crippen molar-refractivity contribution in [3.63, 3.8) is 0 Å². The minimum Gasteiger partial charge on any atom is -0.278 e. The molecule has 1 fully saturated rings. The van der Waals surface area contributed by atoms with E-state index < -0.39 is 31.8 Å². The van der Waals surface area contributed by atoms with Crippen LogP contribution in [0.1, 0.15) is 32.8 Å². The van der Waals surface area contributed by atoms with Gasteiger partial charge in [0.25, 0.3) is 5.91 Å². The first-order valence-electron chi connectivity index (χ1n) is 9.10. The van der Waals surface area contributed by atoms with Gasteiger partial charge in [0.15, 0.2) is 14.6 Å². The van der Waals surface area contributed by atoms with Crippen LogP contribution in [-0.2, 0) is 41.3 Å². The van der Waals surface area contributed by atoms with Crippen LogP contribution in [0.3, 0.4) is 0 Å². The summed E-state index contributed by atoms with van der Waals surface area (Å²) in [5, 5.41) is 0. The fourth-order valence-electron chi connectivity index (χ4n) is 2.84. The maximum absolute atomic E-state index is 12.8. The number of hydroxylamine groups is 1. The first kappa shape index (κ1) is 23.0. The zero-order valence-corrected chi connectivity index (χ0v) is 18.3. The number of aryl methyl sites for hydroxylation is 1. The number of nitrogens with zero attached hydrogens (tertiary/aromatic N) is 1. The molecule has 1 heterocycles. The van der Waals surface area contributed by atoms with Gasteiger partial charge in [-0.25, -0.2) is 22.4 Å². The predicted molar refractivity (Wildman–Crippen MR) is 106 cm³/mol. The molecule has 0 aromatic heterocycles. The van der Waals surface area contributed by atoms with Crippen molar-refractivity contribution in [2.75, 3.05) is 26.8 Å². The van der Waals surface area contributed by atoms with Crippen molar-refractivity contribution in [2.24, 2.45) is 5.92 Å². The number of rotatable bonds is 10. The largest absolute Gasteiger partial charge is 0.278 e. The highest BCUT2D eigenvalue weighted by atomic mass is 32.2.